The summed E-state index contributed by atoms with van der Waals surface area (Å²) in [5, 5.41) is 20.6. The number of aromatic hydroxyl groups is 1. The number of azo groups is 1. The van der Waals surface area contributed by atoms with Gasteiger partial charge in [0.25, 0.3) is 26.1 Å². The number of carbonyl (C=O) groups excluding carboxylic acids is 1. The number of ether oxygens (including phenoxy) is 1. The van der Waals surface area contributed by atoms with Crippen LogP contribution in [-0.4, -0.2) is 64.1 Å². The number of rotatable bonds is 10. The molecular formula is C26H22ClN3O11S3. The Balaban J connectivity index is 1.89. The van der Waals surface area contributed by atoms with Crippen LogP contribution in [0.4, 0.5) is 17.1 Å². The number of methoxy groups -OCH3 is 1. The van der Waals surface area contributed by atoms with Crippen molar-refractivity contribution in [3.05, 3.63) is 72.3 Å². The van der Waals surface area contributed by atoms with E-state index in [4.69, 9.17) is 16.3 Å². The molecule has 0 saturated heterocycles. The van der Waals surface area contributed by atoms with Gasteiger partial charge in [-0.15, -0.1) is 16.7 Å². The minimum absolute atomic E-state index is 0.0892. The fourth-order valence-electron chi connectivity index (χ4n) is 3.98. The molecule has 1 amide bonds. The molecule has 0 aliphatic carbocycles. The largest absolute Gasteiger partial charge is 0.505 e. The number of nitrogens with one attached hydrogen (secondary N) is 1. The van der Waals surface area contributed by atoms with Crippen molar-refractivity contribution >= 4 is 75.4 Å². The fraction of sp³-hybridized carbons (Fsp3) is 0.115. The van der Waals surface area contributed by atoms with Crippen molar-refractivity contribution in [2.24, 2.45) is 10.2 Å². The van der Waals surface area contributed by atoms with E-state index in [0.29, 0.717) is 5.75 Å². The summed E-state index contributed by atoms with van der Waals surface area (Å²) < 4.78 is 97.6. The number of phenols is 1. The Morgan fingerprint density at radius 3 is 2.05 bits per heavy atom. The highest BCUT2D eigenvalue weighted by molar-refractivity contribution is 7.91. The maximum atomic E-state index is 13.1. The highest BCUT2D eigenvalue weighted by Gasteiger charge is 2.26. The molecule has 4 aromatic carbocycles. The smallest absolute Gasteiger partial charge is 0.296 e. The summed E-state index contributed by atoms with van der Waals surface area (Å²) in [6.07, 6.45) is 0. The Kier molecular flexibility index (Phi) is 9.29. The number of nitrogens with zero attached hydrogens (tertiary/aromatic N) is 2. The number of benzene rings is 4. The Morgan fingerprint density at radius 1 is 0.864 bits per heavy atom. The summed E-state index contributed by atoms with van der Waals surface area (Å²) in [6, 6.07) is 13.0. The molecule has 18 heteroatoms. The molecule has 4 rings (SSSR count). The number of halogens is 1. The van der Waals surface area contributed by atoms with Crippen molar-refractivity contribution in [2.45, 2.75) is 14.7 Å². The van der Waals surface area contributed by atoms with Gasteiger partial charge in [0, 0.05) is 16.8 Å². The van der Waals surface area contributed by atoms with Crippen LogP contribution in [0.5, 0.6) is 11.5 Å². The lowest BCUT2D eigenvalue weighted by atomic mass is 10.1. The molecule has 232 valence electrons. The van der Waals surface area contributed by atoms with Gasteiger partial charge in [0.1, 0.15) is 16.3 Å². The number of carbonyl (C=O) groups is 1. The summed E-state index contributed by atoms with van der Waals surface area (Å²) in [6.45, 7) is 0. The summed E-state index contributed by atoms with van der Waals surface area (Å²) in [7, 11) is -12.3. The van der Waals surface area contributed by atoms with Gasteiger partial charge < -0.3 is 15.2 Å². The number of hydrogen-bond acceptors (Lipinski definition) is 11. The Labute approximate surface area is 256 Å². The molecule has 0 spiro atoms. The van der Waals surface area contributed by atoms with Gasteiger partial charge in [-0.25, -0.2) is 8.42 Å². The second-order valence-corrected chi connectivity index (χ2v) is 14.3. The zero-order valence-corrected chi connectivity index (χ0v) is 25.6. The first-order chi connectivity index (χ1) is 20.5. The normalized spacial score (nSPS) is 12.5. The van der Waals surface area contributed by atoms with Crippen LogP contribution in [0, 0.1) is 0 Å². The van der Waals surface area contributed by atoms with Crippen molar-refractivity contribution < 1.29 is 49.0 Å². The first-order valence-corrected chi connectivity index (χ1v) is 17.2. The van der Waals surface area contributed by atoms with Crippen molar-refractivity contribution in [3.8, 4) is 11.5 Å². The predicted octanol–water partition coefficient (Wildman–Crippen LogP) is 4.73. The van der Waals surface area contributed by atoms with Gasteiger partial charge in [-0.05, 0) is 72.1 Å². The Hall–Kier alpha value is -4.13. The van der Waals surface area contributed by atoms with Gasteiger partial charge in [-0.3, -0.25) is 13.9 Å². The van der Waals surface area contributed by atoms with E-state index in [2.05, 4.69) is 15.5 Å². The number of fused-ring (bicyclic) bond motifs is 1. The fourth-order valence-corrected chi connectivity index (χ4v) is 6.78. The lowest BCUT2D eigenvalue weighted by Crippen LogP contribution is -2.14. The highest BCUT2D eigenvalue weighted by atomic mass is 35.5. The van der Waals surface area contributed by atoms with Crippen LogP contribution in [0.1, 0.15) is 10.4 Å². The van der Waals surface area contributed by atoms with Crippen LogP contribution in [0.2, 0.25) is 0 Å². The van der Waals surface area contributed by atoms with E-state index in [0.717, 1.165) is 30.3 Å². The average molecular weight is 684 g/mol. The predicted molar refractivity (Wildman–Crippen MR) is 160 cm³/mol. The Morgan fingerprint density at radius 2 is 1.50 bits per heavy atom. The third-order valence-corrected chi connectivity index (χ3v) is 9.95. The first kappa shape index (κ1) is 32.8. The summed E-state index contributed by atoms with van der Waals surface area (Å²) in [4.78, 5) is 11.3. The van der Waals surface area contributed by atoms with Crippen molar-refractivity contribution in [1.82, 2.24) is 0 Å². The molecule has 0 fully saturated rings. The molecule has 0 radical (unpaired) electrons. The van der Waals surface area contributed by atoms with E-state index >= 15 is 0 Å². The molecular weight excluding hydrogens is 662 g/mol. The van der Waals surface area contributed by atoms with Crippen LogP contribution in [-0.2, 0) is 30.1 Å². The maximum Gasteiger partial charge on any atom is 0.296 e. The monoisotopic (exact) mass is 683 g/mol. The molecule has 44 heavy (non-hydrogen) atoms. The molecule has 0 aliphatic rings. The zero-order valence-electron chi connectivity index (χ0n) is 22.4. The van der Waals surface area contributed by atoms with E-state index in [1.807, 2.05) is 0 Å². The number of amides is 1. The maximum absolute atomic E-state index is 13.1. The lowest BCUT2D eigenvalue weighted by molar-refractivity contribution is 0.102. The molecule has 0 heterocycles. The molecule has 14 nitrogen and oxygen atoms in total. The molecule has 0 aromatic heterocycles. The second-order valence-electron chi connectivity index (χ2n) is 8.98. The summed E-state index contributed by atoms with van der Waals surface area (Å²) >= 11 is 5.53. The van der Waals surface area contributed by atoms with Crippen molar-refractivity contribution in [2.75, 3.05) is 24.1 Å². The second kappa shape index (κ2) is 12.5. The molecule has 0 aliphatic heterocycles. The molecule has 0 atom stereocenters. The van der Waals surface area contributed by atoms with E-state index in [9.17, 15) is 44.3 Å². The molecule has 0 bridgehead atoms. The van der Waals surface area contributed by atoms with Crippen LogP contribution in [0.3, 0.4) is 0 Å². The van der Waals surface area contributed by atoms with Gasteiger partial charge in [0.15, 0.2) is 15.6 Å². The topological polar surface area (TPSA) is 226 Å². The van der Waals surface area contributed by atoms with Gasteiger partial charge in [-0.1, -0.05) is 0 Å². The zero-order chi connectivity index (χ0) is 32.4. The number of alkyl halides is 1. The van der Waals surface area contributed by atoms with E-state index < -0.39 is 62.9 Å². The minimum Gasteiger partial charge on any atom is -0.505 e. The van der Waals surface area contributed by atoms with Crippen molar-refractivity contribution in [3.63, 3.8) is 0 Å². The molecule has 0 unspecified atom stereocenters. The Bertz CT molecular complexity index is 2120. The van der Waals surface area contributed by atoms with Crippen LogP contribution in [0.15, 0.2) is 91.6 Å². The van der Waals surface area contributed by atoms with Crippen LogP contribution < -0.4 is 10.1 Å². The van der Waals surface area contributed by atoms with E-state index in [-0.39, 0.29) is 38.6 Å². The van der Waals surface area contributed by atoms with Crippen molar-refractivity contribution in [1.29, 1.82) is 0 Å². The lowest BCUT2D eigenvalue weighted by Gasteiger charge is -2.15. The standard InChI is InChI=1S/C26H22ClN3O11S3/c1-41-18-6-4-17(5-7-18)29-30-24-22(44(38,39)40)13-16-12-20(43(35,36)37)14-21(23(16)25(24)31)28-26(32)15-2-8-19(9-3-15)42(33,34)11-10-27/h2-9,12-14,31H,10-11H2,1H3,(H,28,32)(H,35,36,37)(H,38,39,40). The number of hydrogen-bond donors (Lipinski definition) is 4. The molecule has 4 N–H and O–H groups in total. The number of phenolic OH excluding ortho intramolecular Hbond substituents is 1. The van der Waals surface area contributed by atoms with Gasteiger partial charge in [0.2, 0.25) is 0 Å². The number of anilines is 1. The van der Waals surface area contributed by atoms with E-state index in [1.165, 1.54) is 43.5 Å². The third-order valence-electron chi connectivity index (χ3n) is 6.11. The number of sulfone groups is 1. The third kappa shape index (κ3) is 7.15. The SMILES string of the molecule is COc1ccc(N=Nc2c(S(=O)(=O)O)cc3cc(S(=O)(=O)O)cc(NC(=O)c4ccc(S(=O)(=O)CCCl)cc4)c3c2O)cc1. The van der Waals surface area contributed by atoms with Gasteiger partial charge in [-0.2, -0.15) is 21.9 Å². The van der Waals surface area contributed by atoms with Gasteiger partial charge >= 0.3 is 0 Å². The minimum atomic E-state index is -5.10. The highest BCUT2D eigenvalue weighted by Crippen LogP contribution is 2.45. The molecule has 4 aromatic rings. The summed E-state index contributed by atoms with van der Waals surface area (Å²) in [5.74, 6) is -1.83. The van der Waals surface area contributed by atoms with E-state index in [1.54, 1.807) is 0 Å². The van der Waals surface area contributed by atoms with Crippen LogP contribution in [0.25, 0.3) is 10.8 Å². The molecule has 0 saturated carbocycles. The summed E-state index contributed by atoms with van der Waals surface area (Å²) in [5.41, 5.74) is -1.06. The average Bonchev–Trinajstić information content (AvgIpc) is 2.95. The van der Waals surface area contributed by atoms with Gasteiger partial charge in [0.05, 0.1) is 34.0 Å². The first-order valence-electron chi connectivity index (χ1n) is 12.1. The quantitative estimate of drug-likeness (QED) is 0.101. The van der Waals surface area contributed by atoms with Crippen LogP contribution >= 0.6 is 11.6 Å².